The number of carbonyl (C=O) groups is 5. The molecule has 2 atom stereocenters. The van der Waals surface area contributed by atoms with Crippen molar-refractivity contribution < 1.29 is 33.4 Å². The van der Waals surface area contributed by atoms with E-state index in [-0.39, 0.29) is 23.6 Å². The number of aromatic nitrogens is 2. The Morgan fingerprint density at radius 1 is 1.18 bits per heavy atom. The molecular formula is C27H29N5O7. The lowest BCUT2D eigenvalue weighted by Gasteiger charge is -2.26. The molecule has 3 amide bonds. The fourth-order valence-corrected chi connectivity index (χ4v) is 4.35. The first-order valence-corrected chi connectivity index (χ1v) is 12.5. The summed E-state index contributed by atoms with van der Waals surface area (Å²) in [4.78, 5) is 69.7. The summed E-state index contributed by atoms with van der Waals surface area (Å²) in [7, 11) is 1.53. The van der Waals surface area contributed by atoms with Crippen LogP contribution in [0.1, 0.15) is 40.1 Å². The van der Waals surface area contributed by atoms with Crippen LogP contribution < -0.4 is 20.7 Å². The molecule has 1 aliphatic rings. The third kappa shape index (κ3) is 6.98. The van der Waals surface area contributed by atoms with E-state index in [0.29, 0.717) is 29.6 Å². The molecule has 204 valence electrons. The fourth-order valence-electron chi connectivity index (χ4n) is 4.35. The lowest BCUT2D eigenvalue weighted by atomic mass is 9.90. The predicted molar refractivity (Wildman–Crippen MR) is 139 cm³/mol. The zero-order chi connectivity index (χ0) is 27.8. The molecule has 0 aliphatic carbocycles. The van der Waals surface area contributed by atoms with E-state index in [1.165, 1.54) is 25.6 Å². The Labute approximate surface area is 223 Å². The topological polar surface area (TPSA) is 169 Å². The highest BCUT2D eigenvalue weighted by Crippen LogP contribution is 2.26. The van der Waals surface area contributed by atoms with Crippen molar-refractivity contribution in [3.63, 3.8) is 0 Å². The maximum Gasteiger partial charge on any atom is 0.340 e. The van der Waals surface area contributed by atoms with E-state index in [2.05, 4.69) is 25.9 Å². The number of rotatable bonds is 11. The van der Waals surface area contributed by atoms with E-state index in [4.69, 9.17) is 9.47 Å². The van der Waals surface area contributed by atoms with Crippen LogP contribution in [0, 0.1) is 5.92 Å². The number of amides is 3. The average Bonchev–Trinajstić information content (AvgIpc) is 3.40. The monoisotopic (exact) mass is 535 g/mol. The number of carbonyl (C=O) groups excluding carboxylic acids is 5. The summed E-state index contributed by atoms with van der Waals surface area (Å²) in [5, 5.41) is 8.57. The van der Waals surface area contributed by atoms with Gasteiger partial charge >= 0.3 is 5.97 Å². The summed E-state index contributed by atoms with van der Waals surface area (Å²) in [5.41, 5.74) is 1.10. The number of piperidine rings is 1. The normalized spacial score (nSPS) is 15.6. The number of fused-ring (bicyclic) bond motifs is 1. The predicted octanol–water partition coefficient (Wildman–Crippen LogP) is 1.13. The number of nitrogens with one attached hydrogen (secondary N) is 4. The highest BCUT2D eigenvalue weighted by molar-refractivity contribution is 6.01. The second-order valence-electron chi connectivity index (χ2n) is 9.06. The highest BCUT2D eigenvalue weighted by atomic mass is 16.5. The lowest BCUT2D eigenvalue weighted by Crippen LogP contribution is -2.49. The number of hydrogen-bond acceptors (Lipinski definition) is 8. The van der Waals surface area contributed by atoms with Gasteiger partial charge in [0.05, 0.1) is 25.3 Å². The SMILES string of the molecule is COc1cccc2[nH]c(C(=O)NCC(=O)N[C@@H](C[C@@H]3CCCNC3=O)C(=O)COC(=O)c3cccnc3)cc12. The number of ketones is 1. The Hall–Kier alpha value is -4.74. The molecule has 0 bridgehead atoms. The van der Waals surface area contributed by atoms with Gasteiger partial charge in [-0.1, -0.05) is 6.07 Å². The van der Waals surface area contributed by atoms with Crippen molar-refractivity contribution in [1.29, 1.82) is 0 Å². The molecule has 1 aromatic carbocycles. The van der Waals surface area contributed by atoms with E-state index >= 15 is 0 Å². The second kappa shape index (κ2) is 12.7. The number of pyridine rings is 1. The number of methoxy groups -OCH3 is 1. The van der Waals surface area contributed by atoms with Gasteiger partial charge in [0, 0.05) is 35.8 Å². The van der Waals surface area contributed by atoms with Gasteiger partial charge in [-0.2, -0.15) is 0 Å². The summed E-state index contributed by atoms with van der Waals surface area (Å²) in [6.45, 7) is -0.466. The van der Waals surface area contributed by atoms with Crippen molar-refractivity contribution in [3.8, 4) is 5.75 Å². The molecule has 0 unspecified atom stereocenters. The van der Waals surface area contributed by atoms with Gasteiger partial charge in [-0.25, -0.2) is 4.79 Å². The van der Waals surface area contributed by atoms with Crippen LogP contribution >= 0.6 is 0 Å². The second-order valence-corrected chi connectivity index (χ2v) is 9.06. The van der Waals surface area contributed by atoms with Gasteiger partial charge in [-0.15, -0.1) is 0 Å². The van der Waals surface area contributed by atoms with E-state index in [1.807, 2.05) is 0 Å². The van der Waals surface area contributed by atoms with Crippen LogP contribution in [0.15, 0.2) is 48.8 Å². The van der Waals surface area contributed by atoms with Crippen molar-refractivity contribution >= 4 is 40.4 Å². The number of ether oxygens (including phenoxy) is 2. The minimum Gasteiger partial charge on any atom is -0.496 e. The Morgan fingerprint density at radius 3 is 2.77 bits per heavy atom. The molecule has 3 aromatic rings. The van der Waals surface area contributed by atoms with Crippen LogP contribution in [-0.2, 0) is 19.1 Å². The van der Waals surface area contributed by atoms with Crippen molar-refractivity contribution in [3.05, 3.63) is 60.0 Å². The third-order valence-electron chi connectivity index (χ3n) is 6.38. The number of benzene rings is 1. The first-order valence-electron chi connectivity index (χ1n) is 12.5. The number of esters is 1. The van der Waals surface area contributed by atoms with Gasteiger partial charge < -0.3 is 30.4 Å². The van der Waals surface area contributed by atoms with E-state index in [1.54, 1.807) is 30.3 Å². The number of aromatic amines is 1. The van der Waals surface area contributed by atoms with Crippen molar-refractivity contribution in [2.45, 2.75) is 25.3 Å². The number of hydrogen-bond donors (Lipinski definition) is 4. The van der Waals surface area contributed by atoms with Crippen molar-refractivity contribution in [1.82, 2.24) is 25.9 Å². The smallest absolute Gasteiger partial charge is 0.340 e. The molecule has 39 heavy (non-hydrogen) atoms. The highest BCUT2D eigenvalue weighted by Gasteiger charge is 2.30. The fraction of sp³-hybridized carbons (Fsp3) is 0.333. The van der Waals surface area contributed by atoms with Crippen LogP contribution in [-0.4, -0.2) is 72.3 Å². The van der Waals surface area contributed by atoms with Gasteiger partial charge in [-0.3, -0.25) is 24.2 Å². The Balaban J connectivity index is 1.37. The molecule has 4 rings (SSSR count). The first-order chi connectivity index (χ1) is 18.9. The Bertz CT molecular complexity index is 1370. The van der Waals surface area contributed by atoms with Crippen LogP contribution in [0.25, 0.3) is 10.9 Å². The first kappa shape index (κ1) is 27.3. The molecular weight excluding hydrogens is 506 g/mol. The van der Waals surface area contributed by atoms with Gasteiger partial charge in [0.25, 0.3) is 5.91 Å². The zero-order valence-electron chi connectivity index (χ0n) is 21.3. The summed E-state index contributed by atoms with van der Waals surface area (Å²) in [6, 6.07) is 8.92. The quantitative estimate of drug-likeness (QED) is 0.265. The maximum atomic E-state index is 13.0. The maximum absolute atomic E-state index is 13.0. The molecule has 0 radical (unpaired) electrons. The van der Waals surface area contributed by atoms with Gasteiger partial charge in [0.15, 0.2) is 12.4 Å². The number of Topliss-reactive ketones (excluding diaryl/α,β-unsaturated/α-hetero) is 1. The molecule has 2 aromatic heterocycles. The lowest BCUT2D eigenvalue weighted by molar-refractivity contribution is -0.132. The zero-order valence-corrected chi connectivity index (χ0v) is 21.3. The van der Waals surface area contributed by atoms with Crippen LogP contribution in [0.4, 0.5) is 0 Å². The minimum atomic E-state index is -1.10. The molecule has 1 aliphatic heterocycles. The molecule has 12 nitrogen and oxygen atoms in total. The van der Waals surface area contributed by atoms with Crippen LogP contribution in [0.2, 0.25) is 0 Å². The third-order valence-corrected chi connectivity index (χ3v) is 6.38. The molecule has 1 fully saturated rings. The van der Waals surface area contributed by atoms with Crippen molar-refractivity contribution in [2.75, 3.05) is 26.8 Å². The summed E-state index contributed by atoms with van der Waals surface area (Å²) in [5.74, 6) is -2.57. The van der Waals surface area contributed by atoms with E-state index in [0.717, 1.165) is 6.42 Å². The largest absolute Gasteiger partial charge is 0.496 e. The van der Waals surface area contributed by atoms with E-state index < -0.39 is 48.7 Å². The summed E-state index contributed by atoms with van der Waals surface area (Å²) >= 11 is 0. The molecule has 0 saturated carbocycles. The van der Waals surface area contributed by atoms with Gasteiger partial charge in [0.1, 0.15) is 11.4 Å². The van der Waals surface area contributed by atoms with Crippen molar-refractivity contribution in [2.24, 2.45) is 5.92 Å². The molecule has 12 heteroatoms. The summed E-state index contributed by atoms with van der Waals surface area (Å²) < 4.78 is 10.4. The van der Waals surface area contributed by atoms with Crippen LogP contribution in [0.5, 0.6) is 5.75 Å². The Kier molecular flexibility index (Phi) is 8.87. The van der Waals surface area contributed by atoms with Gasteiger partial charge in [0.2, 0.25) is 11.8 Å². The molecule has 1 saturated heterocycles. The standard InChI is InChI=1S/C27H29N5O7/c1-38-23-8-2-7-19-18(23)12-21(31-19)26(36)30-14-24(34)32-20(11-16-5-4-10-29-25(16)35)22(33)15-39-27(37)17-6-3-9-28-13-17/h2-3,6-9,12-13,16,20,31H,4-5,10-11,14-15H2,1H3,(H,29,35)(H,30,36)(H,32,34)/t16-,20-/m0/s1. The molecule has 0 spiro atoms. The summed E-state index contributed by atoms with van der Waals surface area (Å²) in [6.07, 6.45) is 4.14. The number of nitrogens with zero attached hydrogens (tertiary/aromatic N) is 1. The molecule has 3 heterocycles. The van der Waals surface area contributed by atoms with E-state index in [9.17, 15) is 24.0 Å². The van der Waals surface area contributed by atoms with Crippen LogP contribution in [0.3, 0.4) is 0 Å². The molecule has 4 N–H and O–H groups in total. The average molecular weight is 536 g/mol. The van der Waals surface area contributed by atoms with Gasteiger partial charge in [-0.05, 0) is 49.6 Å². The number of H-pyrrole nitrogens is 1. The Morgan fingerprint density at radius 2 is 2.03 bits per heavy atom. The minimum absolute atomic E-state index is 0.0383.